The fraction of sp³-hybridized carbons (Fsp3) is 0.312. The molecule has 1 aromatic heterocycles. The number of pyridine rings is 1. The number of hydrogen-bond donors (Lipinski definition) is 2. The predicted octanol–water partition coefficient (Wildman–Crippen LogP) is 4.43. The second kappa shape index (κ2) is 6.57. The third-order valence-electron chi connectivity index (χ3n) is 4.12. The van der Waals surface area contributed by atoms with Gasteiger partial charge in [-0.15, -0.1) is 0 Å². The molecular formula is C16H17Br2N3. The molecule has 1 aliphatic carbocycles. The monoisotopic (exact) mass is 409 g/mol. The summed E-state index contributed by atoms with van der Waals surface area (Å²) < 4.78 is 1.87. The maximum atomic E-state index is 5.76. The standard InChI is InChI=1S/C16H17Br2N3/c17-13-8-14(18)16(20-9-13)15(21-19)12-6-4-11(5-7-12)10-2-1-3-10/h4-10,15,21H,1-3,19H2. The highest BCUT2D eigenvalue weighted by Gasteiger charge is 2.21. The van der Waals surface area contributed by atoms with Gasteiger partial charge in [0, 0.05) is 15.1 Å². The van der Waals surface area contributed by atoms with E-state index in [0.29, 0.717) is 0 Å². The number of hydrazine groups is 1. The highest BCUT2D eigenvalue weighted by molar-refractivity contribution is 9.11. The molecule has 0 amide bonds. The Kier molecular flexibility index (Phi) is 4.74. The lowest BCUT2D eigenvalue weighted by Gasteiger charge is -2.26. The van der Waals surface area contributed by atoms with E-state index in [9.17, 15) is 0 Å². The molecule has 110 valence electrons. The van der Waals surface area contributed by atoms with Crippen LogP contribution in [0.25, 0.3) is 0 Å². The smallest absolute Gasteiger partial charge is 0.0892 e. The molecule has 1 saturated carbocycles. The van der Waals surface area contributed by atoms with Gasteiger partial charge in [0.25, 0.3) is 0 Å². The number of hydrogen-bond acceptors (Lipinski definition) is 3. The maximum Gasteiger partial charge on any atom is 0.0892 e. The number of nitrogens with two attached hydrogens (primary N) is 1. The van der Waals surface area contributed by atoms with Crippen molar-refractivity contribution in [1.29, 1.82) is 0 Å². The van der Waals surface area contributed by atoms with E-state index in [0.717, 1.165) is 26.1 Å². The molecule has 1 fully saturated rings. The van der Waals surface area contributed by atoms with Crippen molar-refractivity contribution in [1.82, 2.24) is 10.4 Å². The summed E-state index contributed by atoms with van der Waals surface area (Å²) >= 11 is 6.98. The molecule has 0 aliphatic heterocycles. The van der Waals surface area contributed by atoms with Crippen LogP contribution in [0.2, 0.25) is 0 Å². The van der Waals surface area contributed by atoms with Gasteiger partial charge in [-0.05, 0) is 67.8 Å². The van der Waals surface area contributed by atoms with Crippen LogP contribution in [0, 0.1) is 0 Å². The third-order valence-corrected chi connectivity index (χ3v) is 5.19. The summed E-state index contributed by atoms with van der Waals surface area (Å²) in [6, 6.07) is 10.6. The van der Waals surface area contributed by atoms with Gasteiger partial charge in [-0.25, -0.2) is 5.43 Å². The SMILES string of the molecule is NNC(c1ccc(C2CCC2)cc1)c1ncc(Br)cc1Br. The van der Waals surface area contributed by atoms with Gasteiger partial charge >= 0.3 is 0 Å². The van der Waals surface area contributed by atoms with E-state index >= 15 is 0 Å². The Balaban J connectivity index is 1.88. The number of rotatable bonds is 4. The molecule has 1 atom stereocenters. The second-order valence-corrected chi connectivity index (χ2v) is 7.18. The Bertz CT molecular complexity index is 624. The minimum atomic E-state index is -0.122. The van der Waals surface area contributed by atoms with E-state index in [4.69, 9.17) is 5.84 Å². The highest BCUT2D eigenvalue weighted by atomic mass is 79.9. The molecule has 2 aromatic rings. The molecule has 0 spiro atoms. The molecule has 1 aliphatic rings. The average molecular weight is 411 g/mol. The molecule has 0 radical (unpaired) electrons. The van der Waals surface area contributed by atoms with Gasteiger partial charge in [-0.1, -0.05) is 30.7 Å². The lowest BCUT2D eigenvalue weighted by molar-refractivity contribution is 0.419. The van der Waals surface area contributed by atoms with E-state index < -0.39 is 0 Å². The number of benzene rings is 1. The molecule has 0 bridgehead atoms. The summed E-state index contributed by atoms with van der Waals surface area (Å²) in [6.45, 7) is 0. The fourth-order valence-corrected chi connectivity index (χ4v) is 3.89. The molecule has 1 unspecified atom stereocenters. The van der Waals surface area contributed by atoms with Gasteiger partial charge in [-0.3, -0.25) is 10.8 Å². The molecule has 3 rings (SSSR count). The minimum absolute atomic E-state index is 0.122. The van der Waals surface area contributed by atoms with Crippen LogP contribution in [-0.4, -0.2) is 4.98 Å². The largest absolute Gasteiger partial charge is 0.271 e. The Morgan fingerprint density at radius 2 is 1.90 bits per heavy atom. The number of nitrogens with one attached hydrogen (secondary N) is 1. The molecule has 3 N–H and O–H groups in total. The first-order valence-electron chi connectivity index (χ1n) is 7.06. The zero-order chi connectivity index (χ0) is 14.8. The van der Waals surface area contributed by atoms with E-state index in [2.05, 4.69) is 66.5 Å². The van der Waals surface area contributed by atoms with Crippen LogP contribution in [0.4, 0.5) is 0 Å². The summed E-state index contributed by atoms with van der Waals surface area (Å²) in [7, 11) is 0. The zero-order valence-electron chi connectivity index (χ0n) is 11.5. The first kappa shape index (κ1) is 15.2. The Morgan fingerprint density at radius 3 is 2.43 bits per heavy atom. The first-order chi connectivity index (χ1) is 10.2. The second-order valence-electron chi connectivity index (χ2n) is 5.41. The van der Waals surface area contributed by atoms with Crippen LogP contribution in [-0.2, 0) is 0 Å². The summed E-state index contributed by atoms with van der Waals surface area (Å²) in [5.74, 6) is 6.51. The molecule has 1 aromatic carbocycles. The van der Waals surface area contributed by atoms with Crippen molar-refractivity contribution in [2.45, 2.75) is 31.2 Å². The molecule has 0 saturated heterocycles. The van der Waals surface area contributed by atoms with Crippen molar-refractivity contribution < 1.29 is 0 Å². The number of nitrogens with zero attached hydrogens (tertiary/aromatic N) is 1. The average Bonchev–Trinajstić information content (AvgIpc) is 2.42. The molecule has 1 heterocycles. The topological polar surface area (TPSA) is 50.9 Å². The summed E-state index contributed by atoms with van der Waals surface area (Å²) in [4.78, 5) is 4.47. The number of halogens is 2. The summed E-state index contributed by atoms with van der Waals surface area (Å²) in [6.07, 6.45) is 5.78. The van der Waals surface area contributed by atoms with Crippen LogP contribution >= 0.6 is 31.9 Å². The van der Waals surface area contributed by atoms with E-state index in [1.165, 1.54) is 24.8 Å². The third kappa shape index (κ3) is 3.21. The van der Waals surface area contributed by atoms with Crippen LogP contribution in [0.5, 0.6) is 0 Å². The van der Waals surface area contributed by atoms with Crippen molar-refractivity contribution in [2.75, 3.05) is 0 Å². The molecular weight excluding hydrogens is 394 g/mol. The van der Waals surface area contributed by atoms with Crippen molar-refractivity contribution in [3.05, 3.63) is 62.3 Å². The highest BCUT2D eigenvalue weighted by Crippen LogP contribution is 2.37. The number of aromatic nitrogens is 1. The minimum Gasteiger partial charge on any atom is -0.271 e. The van der Waals surface area contributed by atoms with Gasteiger partial charge in [0.15, 0.2) is 0 Å². The molecule has 3 nitrogen and oxygen atoms in total. The fourth-order valence-electron chi connectivity index (χ4n) is 2.67. The van der Waals surface area contributed by atoms with E-state index in [1.807, 2.05) is 6.07 Å². The van der Waals surface area contributed by atoms with Crippen molar-refractivity contribution >= 4 is 31.9 Å². The Labute approximate surface area is 141 Å². The molecule has 5 heteroatoms. The van der Waals surface area contributed by atoms with Gasteiger partial charge in [-0.2, -0.15) is 0 Å². The molecule has 21 heavy (non-hydrogen) atoms. The maximum absolute atomic E-state index is 5.76. The Morgan fingerprint density at radius 1 is 1.19 bits per heavy atom. The first-order valence-corrected chi connectivity index (χ1v) is 8.64. The van der Waals surface area contributed by atoms with Crippen molar-refractivity contribution in [3.63, 3.8) is 0 Å². The quantitative estimate of drug-likeness (QED) is 0.579. The van der Waals surface area contributed by atoms with Crippen LogP contribution in [0.15, 0.2) is 45.5 Å². The van der Waals surface area contributed by atoms with Gasteiger partial charge in [0.1, 0.15) is 0 Å². The Hall–Kier alpha value is -0.750. The van der Waals surface area contributed by atoms with Gasteiger partial charge < -0.3 is 0 Å². The predicted molar refractivity (Wildman–Crippen MR) is 91.8 cm³/mol. The van der Waals surface area contributed by atoms with Crippen molar-refractivity contribution in [3.8, 4) is 0 Å². The lowest BCUT2D eigenvalue weighted by Crippen LogP contribution is -2.29. The summed E-state index contributed by atoms with van der Waals surface area (Å²) in [5.41, 5.74) is 6.31. The van der Waals surface area contributed by atoms with Gasteiger partial charge in [0.2, 0.25) is 0 Å². The van der Waals surface area contributed by atoms with Crippen LogP contribution < -0.4 is 11.3 Å². The zero-order valence-corrected chi connectivity index (χ0v) is 14.7. The lowest BCUT2D eigenvalue weighted by atomic mass is 9.80. The van der Waals surface area contributed by atoms with Crippen LogP contribution in [0.3, 0.4) is 0 Å². The normalized spacial score (nSPS) is 16.5. The van der Waals surface area contributed by atoms with Crippen LogP contribution in [0.1, 0.15) is 48.0 Å². The van der Waals surface area contributed by atoms with E-state index in [-0.39, 0.29) is 6.04 Å². The van der Waals surface area contributed by atoms with Gasteiger partial charge in [0.05, 0.1) is 11.7 Å². The van der Waals surface area contributed by atoms with Crippen molar-refractivity contribution in [2.24, 2.45) is 5.84 Å². The van der Waals surface area contributed by atoms with E-state index in [1.54, 1.807) is 6.20 Å². The summed E-state index contributed by atoms with van der Waals surface area (Å²) in [5, 5.41) is 0.